The van der Waals surface area contributed by atoms with Gasteiger partial charge in [0.25, 0.3) is 0 Å². The van der Waals surface area contributed by atoms with Gasteiger partial charge in [-0.1, -0.05) is 103 Å². The molecule has 0 amide bonds. The van der Waals surface area contributed by atoms with E-state index in [4.69, 9.17) is 13.3 Å². The van der Waals surface area contributed by atoms with E-state index in [0.717, 1.165) is 187 Å². The minimum atomic E-state index is -3.73. The number of rotatable bonds is 2. The molecule has 1 unspecified atom stereocenters. The number of furan rings is 3. The Hall–Kier alpha value is -10.1. The SMILES string of the molecule is O=P12c3c4cccc3N(c3ccc5oc6cc7ccccc7cc6c5c3)c3cc5cccc6c5c(c31)N(c1cccc(c12)N4c1ccc2oc3cc4ccccc4cc3c2c1)c1ccc2oc3cc4ccccc4cc3c2c1-6. The molecule has 4 aliphatic rings. The molecule has 13 aromatic carbocycles. The van der Waals surface area contributed by atoms with Gasteiger partial charge in [0, 0.05) is 54.6 Å². The van der Waals surface area contributed by atoms with Gasteiger partial charge in [-0.2, -0.15) is 0 Å². The third-order valence-electron chi connectivity index (χ3n) is 17.6. The summed E-state index contributed by atoms with van der Waals surface area (Å²) < 4.78 is 38.1. The van der Waals surface area contributed by atoms with Crippen LogP contribution < -0.4 is 30.6 Å². The van der Waals surface area contributed by atoms with Gasteiger partial charge in [0.05, 0.1) is 55.7 Å². The van der Waals surface area contributed by atoms with Gasteiger partial charge < -0.3 is 32.5 Å². The van der Waals surface area contributed by atoms with Crippen LogP contribution in [0.5, 0.6) is 0 Å². The van der Waals surface area contributed by atoms with E-state index >= 15 is 4.57 Å². The van der Waals surface area contributed by atoms with Crippen molar-refractivity contribution in [3.8, 4) is 11.1 Å². The van der Waals surface area contributed by atoms with Crippen LogP contribution in [-0.4, -0.2) is 0 Å². The molecule has 7 heterocycles. The highest BCUT2D eigenvalue weighted by molar-refractivity contribution is 7.87. The largest absolute Gasteiger partial charge is 0.456 e. The van der Waals surface area contributed by atoms with E-state index in [2.05, 4.69) is 233 Å². The minimum absolute atomic E-state index is 0.815. The van der Waals surface area contributed by atoms with Gasteiger partial charge in [0.1, 0.15) is 33.5 Å². The number of nitrogens with zero attached hydrogens (tertiary/aromatic N) is 3. The van der Waals surface area contributed by atoms with Gasteiger partial charge in [0.2, 0.25) is 0 Å². The Morgan fingerprint density at radius 3 is 1.29 bits per heavy atom. The van der Waals surface area contributed by atoms with E-state index < -0.39 is 7.14 Å². The van der Waals surface area contributed by atoms with Crippen LogP contribution in [0.1, 0.15) is 0 Å². The fourth-order valence-electron chi connectivity index (χ4n) is 14.4. The maximum atomic E-state index is 18.1. The van der Waals surface area contributed by atoms with Crippen molar-refractivity contribution in [3.63, 3.8) is 0 Å². The summed E-state index contributed by atoms with van der Waals surface area (Å²) in [5.74, 6) is 0. The maximum absolute atomic E-state index is 18.1. The van der Waals surface area contributed by atoms with Gasteiger partial charge in [0.15, 0.2) is 7.14 Å². The van der Waals surface area contributed by atoms with Crippen molar-refractivity contribution in [1.82, 2.24) is 0 Å². The highest BCUT2D eigenvalue weighted by Crippen LogP contribution is 2.70. The van der Waals surface area contributed by atoms with E-state index in [0.29, 0.717) is 0 Å². The molecule has 0 spiro atoms. The molecule has 0 fully saturated rings. The van der Waals surface area contributed by atoms with Crippen LogP contribution in [0.3, 0.4) is 0 Å². The second-order valence-electron chi connectivity index (χ2n) is 21.5. The Morgan fingerprint density at radius 2 is 0.731 bits per heavy atom. The fourth-order valence-corrected chi connectivity index (χ4v) is 18.1. The first-order valence-corrected chi connectivity index (χ1v) is 28.2. The van der Waals surface area contributed by atoms with Crippen LogP contribution >= 0.6 is 7.14 Å². The Bertz CT molecular complexity index is 5610. The molecule has 0 bridgehead atoms. The third-order valence-corrected chi connectivity index (χ3v) is 20.9. The summed E-state index contributed by atoms with van der Waals surface area (Å²) >= 11 is 0. The van der Waals surface area contributed by atoms with Gasteiger partial charge in [-0.25, -0.2) is 0 Å². The lowest BCUT2D eigenvalue weighted by molar-refractivity contribution is 0.592. The number of hydrogen-bond acceptors (Lipinski definition) is 7. The predicted octanol–water partition coefficient (Wildman–Crippen LogP) is 19.0. The maximum Gasteiger partial charge on any atom is 0.183 e. The molecule has 4 aliphatic heterocycles. The highest BCUT2D eigenvalue weighted by Gasteiger charge is 2.56. The smallest absolute Gasteiger partial charge is 0.183 e. The Labute approximate surface area is 442 Å². The average Bonchev–Trinajstić information content (AvgIpc) is 1.65. The highest BCUT2D eigenvalue weighted by atomic mass is 31.2. The molecule has 78 heavy (non-hydrogen) atoms. The summed E-state index contributed by atoms with van der Waals surface area (Å²) in [5, 5.41) is 17.8. The number of hydrogen-bond donors (Lipinski definition) is 0. The lowest BCUT2D eigenvalue weighted by Crippen LogP contribution is -2.48. The van der Waals surface area contributed by atoms with Gasteiger partial charge >= 0.3 is 0 Å². The van der Waals surface area contributed by atoms with Crippen molar-refractivity contribution in [2.45, 2.75) is 0 Å². The first-order chi connectivity index (χ1) is 38.5. The molecule has 8 heteroatoms. The first-order valence-electron chi connectivity index (χ1n) is 26.5. The molecule has 0 saturated carbocycles. The van der Waals surface area contributed by atoms with Gasteiger partial charge in [-0.15, -0.1) is 0 Å². The molecule has 0 aliphatic carbocycles. The van der Waals surface area contributed by atoms with Crippen LogP contribution in [0.4, 0.5) is 51.2 Å². The van der Waals surface area contributed by atoms with Crippen molar-refractivity contribution < 1.29 is 17.8 Å². The van der Waals surface area contributed by atoms with E-state index in [1.165, 1.54) is 0 Å². The Kier molecular flexibility index (Phi) is 7.05. The monoisotopic (exact) mass is 1010 g/mol. The van der Waals surface area contributed by atoms with Crippen molar-refractivity contribution in [1.29, 1.82) is 0 Å². The second-order valence-corrected chi connectivity index (χ2v) is 24.0. The molecule has 1 atom stereocenters. The van der Waals surface area contributed by atoms with E-state index in [9.17, 15) is 0 Å². The lowest BCUT2D eigenvalue weighted by Gasteiger charge is -2.51. The molecule has 16 aromatic rings. The standard InChI is InChI=1S/C70H36N3O4P/c74-78-68-53-18-8-20-55(68)72(45-23-26-59-50(36-45)48-29-38-11-2-5-14-41(38)33-62(48)76-59)57-31-43-16-7-17-46-64(43)67(70(57)78)73(52-24-27-60-66(65(46)52)51-30-39-12-3-6-15-42(39)34-63(51)77-60)56-21-9-19-54(69(56)78)71(53)44-22-25-58-49(35-44)47-28-37-10-1-4-13-40(37)32-61(47)75-58/h1-36H. The summed E-state index contributed by atoms with van der Waals surface area (Å²) in [6.45, 7) is 0. The lowest BCUT2D eigenvalue weighted by atomic mass is 9.87. The molecule has 20 rings (SSSR count). The van der Waals surface area contributed by atoms with Crippen LogP contribution in [0, 0.1) is 0 Å². The third kappa shape index (κ3) is 4.75. The Morgan fingerprint density at radius 1 is 0.295 bits per heavy atom. The predicted molar refractivity (Wildman–Crippen MR) is 321 cm³/mol. The zero-order valence-corrected chi connectivity index (χ0v) is 42.1. The molecule has 0 radical (unpaired) electrons. The van der Waals surface area contributed by atoms with Crippen LogP contribution in [0.2, 0.25) is 0 Å². The molecular weight excluding hydrogens is 978 g/mol. The first kappa shape index (κ1) is 40.3. The number of fused-ring (bicyclic) bond motifs is 17. The molecule has 7 nitrogen and oxygen atoms in total. The van der Waals surface area contributed by atoms with E-state index in [-0.39, 0.29) is 0 Å². The van der Waals surface area contributed by atoms with E-state index in [1.807, 2.05) is 0 Å². The Balaban J connectivity index is 0.921. The number of benzene rings is 13. The van der Waals surface area contributed by atoms with Gasteiger partial charge in [-0.05, 0) is 159 Å². The van der Waals surface area contributed by atoms with Crippen molar-refractivity contribution >= 4 is 183 Å². The topological polar surface area (TPSA) is 66.2 Å². The second kappa shape index (κ2) is 13.7. The van der Waals surface area contributed by atoms with Crippen molar-refractivity contribution in [2.75, 3.05) is 14.7 Å². The summed E-state index contributed by atoms with van der Waals surface area (Å²) in [7, 11) is -3.73. The molecule has 0 N–H and O–H groups in total. The summed E-state index contributed by atoms with van der Waals surface area (Å²) in [6, 6.07) is 78.0. The summed E-state index contributed by atoms with van der Waals surface area (Å²) in [5.41, 5.74) is 15.6. The normalized spacial score (nSPS) is 15.7. The summed E-state index contributed by atoms with van der Waals surface area (Å²) in [4.78, 5) is 7.18. The van der Waals surface area contributed by atoms with Crippen LogP contribution in [-0.2, 0) is 4.57 Å². The van der Waals surface area contributed by atoms with E-state index in [1.54, 1.807) is 0 Å². The van der Waals surface area contributed by atoms with Crippen molar-refractivity contribution in [2.24, 2.45) is 0 Å². The fraction of sp³-hybridized carbons (Fsp3) is 0. The number of anilines is 9. The molecule has 0 saturated heterocycles. The zero-order chi connectivity index (χ0) is 50.4. The average molecular weight is 1010 g/mol. The zero-order valence-electron chi connectivity index (χ0n) is 41.2. The molecule has 360 valence electrons. The molecule has 3 aromatic heterocycles. The van der Waals surface area contributed by atoms with Crippen molar-refractivity contribution in [3.05, 3.63) is 218 Å². The van der Waals surface area contributed by atoms with Gasteiger partial charge in [-0.3, -0.25) is 0 Å². The van der Waals surface area contributed by atoms with Crippen LogP contribution in [0.15, 0.2) is 232 Å². The van der Waals surface area contributed by atoms with Crippen LogP contribution in [0.25, 0.3) is 120 Å². The quantitative estimate of drug-likeness (QED) is 0.160. The minimum Gasteiger partial charge on any atom is -0.456 e. The molecular formula is C70H36N3O4P. The summed E-state index contributed by atoms with van der Waals surface area (Å²) in [6.07, 6.45) is 0.